The van der Waals surface area contributed by atoms with Gasteiger partial charge < -0.3 is 15.1 Å². The molecule has 126 valence electrons. The Labute approximate surface area is 140 Å². The minimum Gasteiger partial charge on any atom is -0.346 e. The molecule has 2 saturated heterocycles. The topological polar surface area (TPSA) is 68.8 Å². The van der Waals surface area contributed by atoms with E-state index in [1.807, 2.05) is 16.5 Å². The van der Waals surface area contributed by atoms with E-state index < -0.39 is 0 Å². The summed E-state index contributed by atoms with van der Waals surface area (Å²) in [5, 5.41) is 5.77. The van der Waals surface area contributed by atoms with E-state index in [-0.39, 0.29) is 18.4 Å². The molecule has 2 aliphatic rings. The molecule has 7 nitrogen and oxygen atoms in total. The summed E-state index contributed by atoms with van der Waals surface area (Å²) in [7, 11) is 0. The lowest BCUT2D eigenvalue weighted by atomic mass is 10.3. The van der Waals surface area contributed by atoms with Gasteiger partial charge >= 0.3 is 0 Å². The molecule has 23 heavy (non-hydrogen) atoms. The number of hydrogen-bond acceptors (Lipinski definition) is 6. The summed E-state index contributed by atoms with van der Waals surface area (Å²) in [5.74, 6) is -0.0373. The molecule has 3 heterocycles. The molecule has 0 spiro atoms. The van der Waals surface area contributed by atoms with Crippen LogP contribution in [0.25, 0.3) is 0 Å². The second-order valence-corrected chi connectivity index (χ2v) is 6.82. The van der Waals surface area contributed by atoms with Gasteiger partial charge in [0.05, 0.1) is 13.1 Å². The summed E-state index contributed by atoms with van der Waals surface area (Å²) in [6, 6.07) is 0. The first-order valence-corrected chi connectivity index (χ1v) is 9.01. The van der Waals surface area contributed by atoms with Crippen LogP contribution in [-0.4, -0.2) is 79.0 Å². The first-order chi connectivity index (χ1) is 11.2. The third-order valence-corrected chi connectivity index (χ3v) is 5.16. The number of aromatic nitrogens is 1. The lowest BCUT2D eigenvalue weighted by molar-refractivity contribution is -0.132. The van der Waals surface area contributed by atoms with Crippen LogP contribution in [0, 0.1) is 0 Å². The van der Waals surface area contributed by atoms with Gasteiger partial charge in [0.2, 0.25) is 11.8 Å². The zero-order valence-electron chi connectivity index (χ0n) is 13.2. The number of carbonyl (C=O) groups is 2. The van der Waals surface area contributed by atoms with Crippen molar-refractivity contribution in [3.8, 4) is 0 Å². The summed E-state index contributed by atoms with van der Waals surface area (Å²) in [6.45, 7) is 5.58. The predicted molar refractivity (Wildman–Crippen MR) is 89.6 cm³/mol. The normalized spacial score (nSPS) is 19.1. The SMILES string of the molecule is O=C(CN1CCN(c2nccs2)CC1)NCC(=O)N1CCCC1. The molecule has 0 saturated carbocycles. The molecule has 0 aromatic carbocycles. The Balaban J connectivity index is 1.35. The Bertz CT molecular complexity index is 522. The fraction of sp³-hybridized carbons (Fsp3) is 0.667. The fourth-order valence-electron chi connectivity index (χ4n) is 2.98. The molecule has 1 aromatic rings. The van der Waals surface area contributed by atoms with Crippen LogP contribution in [0.4, 0.5) is 5.13 Å². The number of nitrogens with zero attached hydrogens (tertiary/aromatic N) is 4. The van der Waals surface area contributed by atoms with E-state index >= 15 is 0 Å². The van der Waals surface area contributed by atoms with Gasteiger partial charge in [-0.25, -0.2) is 4.98 Å². The van der Waals surface area contributed by atoms with E-state index in [2.05, 4.69) is 20.1 Å². The van der Waals surface area contributed by atoms with E-state index in [0.29, 0.717) is 6.54 Å². The monoisotopic (exact) mass is 337 g/mol. The molecule has 1 aromatic heterocycles. The Kier molecular flexibility index (Phi) is 5.45. The molecule has 1 N–H and O–H groups in total. The minimum atomic E-state index is -0.0692. The average molecular weight is 337 g/mol. The molecule has 8 heteroatoms. The van der Waals surface area contributed by atoms with Crippen LogP contribution < -0.4 is 10.2 Å². The largest absolute Gasteiger partial charge is 0.346 e. The summed E-state index contributed by atoms with van der Waals surface area (Å²) in [5.41, 5.74) is 0. The maximum atomic E-state index is 12.0. The maximum absolute atomic E-state index is 12.0. The minimum absolute atomic E-state index is 0.0319. The van der Waals surface area contributed by atoms with Gasteiger partial charge in [-0.3, -0.25) is 14.5 Å². The molecule has 0 aliphatic carbocycles. The molecule has 0 unspecified atom stereocenters. The zero-order chi connectivity index (χ0) is 16.1. The molecule has 2 aliphatic heterocycles. The summed E-state index contributed by atoms with van der Waals surface area (Å²) >= 11 is 1.64. The van der Waals surface area contributed by atoms with Gasteiger partial charge in [0.1, 0.15) is 0 Å². The van der Waals surface area contributed by atoms with Crippen molar-refractivity contribution in [3.05, 3.63) is 11.6 Å². The van der Waals surface area contributed by atoms with Crippen molar-refractivity contribution in [2.45, 2.75) is 12.8 Å². The lowest BCUT2D eigenvalue weighted by Gasteiger charge is -2.34. The van der Waals surface area contributed by atoms with Crippen molar-refractivity contribution in [2.75, 3.05) is 57.3 Å². The van der Waals surface area contributed by atoms with Crippen LogP contribution in [0.5, 0.6) is 0 Å². The molecule has 0 atom stereocenters. The highest BCUT2D eigenvalue weighted by atomic mass is 32.1. The van der Waals surface area contributed by atoms with E-state index in [4.69, 9.17) is 0 Å². The number of piperazine rings is 1. The van der Waals surface area contributed by atoms with Crippen LogP contribution >= 0.6 is 11.3 Å². The lowest BCUT2D eigenvalue weighted by Crippen LogP contribution is -2.50. The van der Waals surface area contributed by atoms with Gasteiger partial charge in [-0.15, -0.1) is 11.3 Å². The predicted octanol–water partition coefficient (Wildman–Crippen LogP) is 0.00370. The van der Waals surface area contributed by atoms with Gasteiger partial charge in [-0.05, 0) is 12.8 Å². The average Bonchev–Trinajstić information content (AvgIpc) is 3.26. The smallest absolute Gasteiger partial charge is 0.241 e. The molecular formula is C15H23N5O2S. The number of carbonyl (C=O) groups excluding carboxylic acids is 2. The fourth-order valence-corrected chi connectivity index (χ4v) is 3.68. The Morgan fingerprint density at radius 3 is 2.52 bits per heavy atom. The third kappa shape index (κ3) is 4.42. The van der Waals surface area contributed by atoms with E-state index in [1.165, 1.54) is 0 Å². The van der Waals surface area contributed by atoms with Crippen molar-refractivity contribution in [2.24, 2.45) is 0 Å². The Morgan fingerprint density at radius 2 is 1.87 bits per heavy atom. The standard InChI is InChI=1S/C15H23N5O2S/c21-13(17-11-14(22)19-4-1-2-5-19)12-18-6-8-20(9-7-18)15-16-3-10-23-15/h3,10H,1-2,4-9,11-12H2,(H,17,21). The van der Waals surface area contributed by atoms with Crippen LogP contribution in [0.2, 0.25) is 0 Å². The molecule has 0 bridgehead atoms. The second kappa shape index (κ2) is 7.74. The molecule has 2 fully saturated rings. The quantitative estimate of drug-likeness (QED) is 0.819. The number of hydrogen-bond donors (Lipinski definition) is 1. The maximum Gasteiger partial charge on any atom is 0.241 e. The Hall–Kier alpha value is -1.67. The molecule has 0 radical (unpaired) electrons. The molecular weight excluding hydrogens is 314 g/mol. The van der Waals surface area contributed by atoms with Gasteiger partial charge in [0.15, 0.2) is 5.13 Å². The molecule has 3 rings (SSSR count). The highest BCUT2D eigenvalue weighted by Crippen LogP contribution is 2.18. The van der Waals surface area contributed by atoms with Gasteiger partial charge in [-0.1, -0.05) is 0 Å². The van der Waals surface area contributed by atoms with Crippen molar-refractivity contribution in [1.82, 2.24) is 20.1 Å². The van der Waals surface area contributed by atoms with E-state index in [0.717, 1.165) is 57.2 Å². The first-order valence-electron chi connectivity index (χ1n) is 8.13. The third-order valence-electron chi connectivity index (χ3n) is 4.32. The van der Waals surface area contributed by atoms with Gasteiger partial charge in [-0.2, -0.15) is 0 Å². The number of nitrogens with one attached hydrogen (secondary N) is 1. The summed E-state index contributed by atoms with van der Waals surface area (Å²) < 4.78 is 0. The van der Waals surface area contributed by atoms with E-state index in [9.17, 15) is 9.59 Å². The van der Waals surface area contributed by atoms with Crippen LogP contribution in [0.1, 0.15) is 12.8 Å². The van der Waals surface area contributed by atoms with Gasteiger partial charge in [0, 0.05) is 50.8 Å². The van der Waals surface area contributed by atoms with Gasteiger partial charge in [0.25, 0.3) is 0 Å². The van der Waals surface area contributed by atoms with Crippen LogP contribution in [0.3, 0.4) is 0 Å². The number of amides is 2. The van der Waals surface area contributed by atoms with Crippen molar-refractivity contribution in [3.63, 3.8) is 0 Å². The molecule has 2 amide bonds. The van der Waals surface area contributed by atoms with Crippen LogP contribution in [-0.2, 0) is 9.59 Å². The summed E-state index contributed by atoms with van der Waals surface area (Å²) in [6.07, 6.45) is 3.96. The van der Waals surface area contributed by atoms with Crippen molar-refractivity contribution >= 4 is 28.3 Å². The zero-order valence-corrected chi connectivity index (χ0v) is 14.1. The number of thiazole rings is 1. The number of anilines is 1. The Morgan fingerprint density at radius 1 is 1.13 bits per heavy atom. The highest BCUT2D eigenvalue weighted by Gasteiger charge is 2.21. The van der Waals surface area contributed by atoms with Crippen LogP contribution in [0.15, 0.2) is 11.6 Å². The van der Waals surface area contributed by atoms with Crippen molar-refractivity contribution < 1.29 is 9.59 Å². The summed E-state index contributed by atoms with van der Waals surface area (Å²) in [4.78, 5) is 34.4. The number of rotatable bonds is 5. The second-order valence-electron chi connectivity index (χ2n) is 5.94. The van der Waals surface area contributed by atoms with E-state index in [1.54, 1.807) is 11.3 Å². The first kappa shape index (κ1) is 16.2. The highest BCUT2D eigenvalue weighted by molar-refractivity contribution is 7.13. The number of likely N-dealkylation sites (tertiary alicyclic amines) is 1. The van der Waals surface area contributed by atoms with Crippen molar-refractivity contribution in [1.29, 1.82) is 0 Å².